The molecule has 3 N–H and O–H groups in total. The van der Waals surface area contributed by atoms with Gasteiger partial charge in [-0.05, 0) is 56.0 Å². The fraction of sp³-hybridized carbons (Fsp3) is 0.600. The van der Waals surface area contributed by atoms with E-state index in [2.05, 4.69) is 46.4 Å². The maximum absolute atomic E-state index is 6.14. The summed E-state index contributed by atoms with van der Waals surface area (Å²) in [6, 6.07) is 7.36. The smallest absolute Gasteiger partial charge is 0.0219 e. The molecule has 0 heterocycles. The van der Waals surface area contributed by atoms with Gasteiger partial charge < -0.3 is 11.1 Å². The predicted octanol–water partition coefficient (Wildman–Crippen LogP) is 3.16. The lowest BCUT2D eigenvalue weighted by Crippen LogP contribution is -2.47. The van der Waals surface area contributed by atoms with Gasteiger partial charge in [-0.1, -0.05) is 34.8 Å². The van der Waals surface area contributed by atoms with Gasteiger partial charge in [-0.3, -0.25) is 0 Å². The summed E-state index contributed by atoms with van der Waals surface area (Å²) in [5, 5.41) is 3.63. The zero-order valence-corrected chi connectivity index (χ0v) is 12.7. The highest BCUT2D eigenvalue weighted by Gasteiger charge is 2.20. The molecule has 1 aliphatic rings. The summed E-state index contributed by atoms with van der Waals surface area (Å²) in [6.45, 7) is 3.20. The number of rotatable bonds is 4. The van der Waals surface area contributed by atoms with Crippen molar-refractivity contribution >= 4 is 15.9 Å². The number of nitrogens with two attached hydrogens (primary N) is 1. The van der Waals surface area contributed by atoms with E-state index in [1.54, 1.807) is 0 Å². The molecule has 3 heteroatoms. The number of halogens is 1. The van der Waals surface area contributed by atoms with Gasteiger partial charge in [0.15, 0.2) is 0 Å². The fourth-order valence-corrected chi connectivity index (χ4v) is 3.12. The Morgan fingerprint density at radius 3 is 2.89 bits per heavy atom. The number of hydrogen-bond acceptors (Lipinski definition) is 2. The highest BCUT2D eigenvalue weighted by molar-refractivity contribution is 9.10. The van der Waals surface area contributed by atoms with Crippen LogP contribution in [0, 0.1) is 6.92 Å². The molecule has 2 unspecified atom stereocenters. The normalized spacial score (nSPS) is 24.2. The Bertz CT molecular complexity index is 392. The first kappa shape index (κ1) is 14.0. The zero-order valence-electron chi connectivity index (χ0n) is 11.1. The molecule has 18 heavy (non-hydrogen) atoms. The first-order chi connectivity index (χ1) is 8.66. The van der Waals surface area contributed by atoms with E-state index in [1.807, 2.05) is 0 Å². The van der Waals surface area contributed by atoms with Crippen molar-refractivity contribution in [3.05, 3.63) is 33.8 Å². The van der Waals surface area contributed by atoms with Gasteiger partial charge in [-0.15, -0.1) is 0 Å². The van der Waals surface area contributed by atoms with Crippen LogP contribution in [0.4, 0.5) is 0 Å². The maximum atomic E-state index is 6.14. The minimum Gasteiger partial charge on any atom is -0.326 e. The van der Waals surface area contributed by atoms with Crippen LogP contribution in [-0.2, 0) is 6.42 Å². The van der Waals surface area contributed by atoms with Crippen molar-refractivity contribution in [1.29, 1.82) is 0 Å². The van der Waals surface area contributed by atoms with Crippen LogP contribution in [0.5, 0.6) is 0 Å². The van der Waals surface area contributed by atoms with E-state index in [0.29, 0.717) is 12.1 Å². The summed E-state index contributed by atoms with van der Waals surface area (Å²) in [5.74, 6) is 0. The van der Waals surface area contributed by atoms with Crippen LogP contribution in [0.3, 0.4) is 0 Å². The van der Waals surface area contributed by atoms with Crippen LogP contribution in [0.2, 0.25) is 0 Å². The first-order valence-corrected chi connectivity index (χ1v) is 7.70. The van der Waals surface area contributed by atoms with Crippen LogP contribution >= 0.6 is 15.9 Å². The zero-order chi connectivity index (χ0) is 13.0. The fourth-order valence-electron chi connectivity index (χ4n) is 2.71. The van der Waals surface area contributed by atoms with Gasteiger partial charge in [0.05, 0.1) is 0 Å². The van der Waals surface area contributed by atoms with E-state index in [-0.39, 0.29) is 0 Å². The summed E-state index contributed by atoms with van der Waals surface area (Å²) < 4.78 is 1.16. The molecule has 0 radical (unpaired) electrons. The summed E-state index contributed by atoms with van der Waals surface area (Å²) in [7, 11) is 0. The SMILES string of the molecule is Cc1ccc(Br)cc1CCNC1CCCCC1N. The van der Waals surface area contributed by atoms with Gasteiger partial charge in [0.1, 0.15) is 0 Å². The Hall–Kier alpha value is -0.380. The largest absolute Gasteiger partial charge is 0.326 e. The third-order valence-electron chi connectivity index (χ3n) is 3.93. The summed E-state index contributed by atoms with van der Waals surface area (Å²) >= 11 is 3.53. The standard InChI is InChI=1S/C15H23BrN2/c1-11-6-7-13(16)10-12(11)8-9-18-15-5-3-2-4-14(15)17/h6-7,10,14-15,18H,2-5,8-9,17H2,1H3. The monoisotopic (exact) mass is 310 g/mol. The number of hydrogen-bond donors (Lipinski definition) is 2. The molecule has 0 spiro atoms. The predicted molar refractivity (Wildman–Crippen MR) is 80.8 cm³/mol. The van der Waals surface area contributed by atoms with Crippen molar-refractivity contribution < 1.29 is 0 Å². The third kappa shape index (κ3) is 3.81. The Morgan fingerprint density at radius 2 is 2.11 bits per heavy atom. The second-order valence-electron chi connectivity index (χ2n) is 5.33. The Kier molecular flexibility index (Phi) is 5.22. The van der Waals surface area contributed by atoms with Gasteiger partial charge in [0.2, 0.25) is 0 Å². The van der Waals surface area contributed by atoms with Crippen molar-refractivity contribution in [3.8, 4) is 0 Å². The average molecular weight is 311 g/mol. The molecule has 0 aromatic heterocycles. The number of nitrogens with one attached hydrogen (secondary N) is 1. The molecule has 1 aromatic carbocycles. The summed E-state index contributed by atoms with van der Waals surface area (Å²) in [5.41, 5.74) is 8.93. The lowest BCUT2D eigenvalue weighted by atomic mass is 9.91. The minimum absolute atomic E-state index is 0.349. The maximum Gasteiger partial charge on any atom is 0.0219 e. The Labute approximate surface area is 118 Å². The molecule has 100 valence electrons. The van der Waals surface area contributed by atoms with E-state index in [9.17, 15) is 0 Å². The van der Waals surface area contributed by atoms with Crippen molar-refractivity contribution in [2.24, 2.45) is 5.73 Å². The number of aryl methyl sites for hydroxylation is 1. The second-order valence-corrected chi connectivity index (χ2v) is 6.25. The van der Waals surface area contributed by atoms with Crippen molar-refractivity contribution in [1.82, 2.24) is 5.32 Å². The molecule has 2 rings (SSSR count). The summed E-state index contributed by atoms with van der Waals surface area (Å²) in [4.78, 5) is 0. The van der Waals surface area contributed by atoms with Crippen molar-refractivity contribution in [2.45, 2.75) is 51.1 Å². The van der Waals surface area contributed by atoms with Crippen molar-refractivity contribution in [3.63, 3.8) is 0 Å². The van der Waals surface area contributed by atoms with Gasteiger partial charge in [-0.25, -0.2) is 0 Å². The first-order valence-electron chi connectivity index (χ1n) is 6.91. The van der Waals surface area contributed by atoms with Crippen LogP contribution in [-0.4, -0.2) is 18.6 Å². The van der Waals surface area contributed by atoms with Crippen LogP contribution in [0.1, 0.15) is 36.8 Å². The van der Waals surface area contributed by atoms with Gasteiger partial charge in [0, 0.05) is 16.6 Å². The Morgan fingerprint density at radius 1 is 1.33 bits per heavy atom. The molecule has 1 aliphatic carbocycles. The molecular formula is C15H23BrN2. The van der Waals surface area contributed by atoms with E-state index in [0.717, 1.165) is 17.4 Å². The molecule has 0 aliphatic heterocycles. The molecule has 0 amide bonds. The molecule has 0 bridgehead atoms. The molecule has 1 fully saturated rings. The van der Waals surface area contributed by atoms with E-state index in [4.69, 9.17) is 5.73 Å². The highest BCUT2D eigenvalue weighted by atomic mass is 79.9. The molecule has 1 saturated carbocycles. The van der Waals surface area contributed by atoms with E-state index >= 15 is 0 Å². The molecule has 0 saturated heterocycles. The van der Waals surface area contributed by atoms with Gasteiger partial charge in [0.25, 0.3) is 0 Å². The highest BCUT2D eigenvalue weighted by Crippen LogP contribution is 2.18. The summed E-state index contributed by atoms with van der Waals surface area (Å²) in [6.07, 6.45) is 6.10. The van der Waals surface area contributed by atoms with Crippen LogP contribution in [0.15, 0.2) is 22.7 Å². The molecular weight excluding hydrogens is 288 g/mol. The van der Waals surface area contributed by atoms with Crippen molar-refractivity contribution in [2.75, 3.05) is 6.54 Å². The van der Waals surface area contributed by atoms with Crippen LogP contribution in [0.25, 0.3) is 0 Å². The quantitative estimate of drug-likeness (QED) is 0.896. The molecule has 2 atom stereocenters. The second kappa shape index (κ2) is 6.69. The molecule has 2 nitrogen and oxygen atoms in total. The Balaban J connectivity index is 1.82. The van der Waals surface area contributed by atoms with E-state index in [1.165, 1.54) is 36.8 Å². The number of benzene rings is 1. The lowest BCUT2D eigenvalue weighted by molar-refractivity contribution is 0.329. The lowest BCUT2D eigenvalue weighted by Gasteiger charge is -2.29. The average Bonchev–Trinajstić information content (AvgIpc) is 2.36. The topological polar surface area (TPSA) is 38.0 Å². The van der Waals surface area contributed by atoms with Gasteiger partial charge >= 0.3 is 0 Å². The third-order valence-corrected chi connectivity index (χ3v) is 4.42. The van der Waals surface area contributed by atoms with E-state index < -0.39 is 0 Å². The van der Waals surface area contributed by atoms with Crippen LogP contribution < -0.4 is 11.1 Å². The molecule has 1 aromatic rings. The van der Waals surface area contributed by atoms with Gasteiger partial charge in [-0.2, -0.15) is 0 Å². The minimum atomic E-state index is 0.349.